The van der Waals surface area contributed by atoms with Gasteiger partial charge in [0.1, 0.15) is 31.9 Å². The summed E-state index contributed by atoms with van der Waals surface area (Å²) < 4.78 is 19.6. The average molecular weight is 721 g/mol. The first-order valence-corrected chi connectivity index (χ1v) is 16.8. The molecule has 3 aromatic rings. The molecule has 1 heterocycles. The lowest BCUT2D eigenvalue weighted by Crippen LogP contribution is -2.41. The molecule has 0 bridgehead atoms. The van der Waals surface area contributed by atoms with Gasteiger partial charge in [0.25, 0.3) is 0 Å². The van der Waals surface area contributed by atoms with Crippen molar-refractivity contribution in [2.75, 3.05) is 13.1 Å². The number of aliphatic carboxylic acids is 1. The predicted octanol–water partition coefficient (Wildman–Crippen LogP) is 5.18. The Morgan fingerprint density at radius 1 is 0.654 bits per heavy atom. The van der Waals surface area contributed by atoms with Gasteiger partial charge in [0, 0.05) is 13.1 Å². The zero-order valence-electron chi connectivity index (χ0n) is 28.6. The van der Waals surface area contributed by atoms with E-state index in [9.17, 15) is 33.9 Å². The van der Waals surface area contributed by atoms with Crippen LogP contribution in [0.25, 0.3) is 0 Å². The number of carboxylic acid groups (broad SMARTS) is 1. The number of carbonyl (C=O) groups is 6. The number of esters is 1. The van der Waals surface area contributed by atoms with Crippen molar-refractivity contribution in [1.29, 1.82) is 0 Å². The van der Waals surface area contributed by atoms with E-state index in [0.29, 0.717) is 45.2 Å². The Labute approximate surface area is 301 Å². The van der Waals surface area contributed by atoms with Gasteiger partial charge in [-0.1, -0.05) is 91.0 Å². The van der Waals surface area contributed by atoms with Gasteiger partial charge >= 0.3 is 36.3 Å². The summed E-state index contributed by atoms with van der Waals surface area (Å²) in [4.78, 5) is 68.3. The second kappa shape index (κ2) is 23.3. The van der Waals surface area contributed by atoms with E-state index in [0.717, 1.165) is 16.7 Å². The number of unbranched alkanes of at least 4 members (excludes halogenated alkanes) is 2. The number of alkyl carbamates (subject to hydrolysis) is 4. The van der Waals surface area contributed by atoms with E-state index >= 15 is 0 Å². The van der Waals surface area contributed by atoms with Gasteiger partial charge in [-0.15, -0.1) is 0 Å². The number of nitrogens with one attached hydrogen (secondary N) is 4. The molecule has 15 heteroatoms. The van der Waals surface area contributed by atoms with Gasteiger partial charge in [-0.25, -0.2) is 28.8 Å². The molecule has 0 spiro atoms. The third-order valence-corrected chi connectivity index (χ3v) is 7.38. The molecule has 1 fully saturated rings. The third kappa shape index (κ3) is 17.0. The van der Waals surface area contributed by atoms with Gasteiger partial charge in [0.05, 0.1) is 0 Å². The Kier molecular flexibility index (Phi) is 18.1. The molecule has 1 aliphatic rings. The normalized spacial score (nSPS) is 13.6. The van der Waals surface area contributed by atoms with Crippen LogP contribution < -0.4 is 21.3 Å². The molecule has 15 nitrogen and oxygen atoms in total. The predicted molar refractivity (Wildman–Crippen MR) is 187 cm³/mol. The quantitative estimate of drug-likeness (QED) is 0.0501. The molecular weight excluding hydrogens is 676 g/mol. The minimum absolute atomic E-state index is 0.0635. The summed E-state index contributed by atoms with van der Waals surface area (Å²) in [5, 5.41) is 19.3. The van der Waals surface area contributed by atoms with E-state index in [4.69, 9.17) is 14.2 Å². The first-order chi connectivity index (χ1) is 25.2. The van der Waals surface area contributed by atoms with Gasteiger partial charge in [-0.2, -0.15) is 0 Å². The van der Waals surface area contributed by atoms with Gasteiger partial charge < -0.3 is 45.3 Å². The number of hydrogen-bond acceptors (Lipinski definition) is 10. The van der Waals surface area contributed by atoms with Crippen LogP contribution in [0, 0.1) is 0 Å². The molecule has 5 N–H and O–H groups in total. The fourth-order valence-electron chi connectivity index (χ4n) is 4.62. The summed E-state index contributed by atoms with van der Waals surface area (Å²) in [5.41, 5.74) is 2.63. The molecule has 4 rings (SSSR count). The number of ether oxygens (including phenoxy) is 4. The molecule has 0 radical (unpaired) electrons. The zero-order chi connectivity index (χ0) is 37.4. The summed E-state index contributed by atoms with van der Waals surface area (Å²) in [6.45, 7) is 1.27. The van der Waals surface area contributed by atoms with Gasteiger partial charge in [0.2, 0.25) is 0 Å². The fraction of sp³-hybridized carbons (Fsp3) is 0.351. The van der Waals surface area contributed by atoms with Crippen LogP contribution in [-0.4, -0.2) is 66.6 Å². The minimum Gasteiger partial charge on any atom is -0.480 e. The van der Waals surface area contributed by atoms with E-state index in [1.165, 1.54) is 0 Å². The van der Waals surface area contributed by atoms with Crippen molar-refractivity contribution < 1.29 is 52.8 Å². The number of benzene rings is 3. The minimum atomic E-state index is -1.14. The van der Waals surface area contributed by atoms with E-state index in [1.807, 2.05) is 78.9 Å². The highest BCUT2D eigenvalue weighted by Crippen LogP contribution is 2.09. The van der Waals surface area contributed by atoms with Crippen molar-refractivity contribution >= 4 is 36.3 Å². The van der Waals surface area contributed by atoms with Crippen molar-refractivity contribution in [1.82, 2.24) is 21.3 Å². The maximum Gasteiger partial charge on any atom is 0.415 e. The molecule has 3 aromatic carbocycles. The second-order valence-corrected chi connectivity index (χ2v) is 11.5. The van der Waals surface area contributed by atoms with Crippen molar-refractivity contribution in [2.24, 2.45) is 0 Å². The first-order valence-electron chi connectivity index (χ1n) is 16.8. The molecule has 1 saturated heterocycles. The smallest absolute Gasteiger partial charge is 0.415 e. The van der Waals surface area contributed by atoms with Gasteiger partial charge in [0.15, 0.2) is 0 Å². The van der Waals surface area contributed by atoms with Crippen LogP contribution in [0.3, 0.4) is 0 Å². The molecule has 0 aromatic heterocycles. The lowest BCUT2D eigenvalue weighted by molar-refractivity contribution is -0.139. The van der Waals surface area contributed by atoms with Crippen molar-refractivity contribution in [2.45, 2.75) is 70.4 Å². The highest BCUT2D eigenvalue weighted by molar-refractivity contribution is 5.95. The van der Waals surface area contributed by atoms with E-state index in [1.54, 1.807) is 12.1 Å². The molecule has 278 valence electrons. The number of carbonyl (C=O) groups excluding carboxylic acids is 5. The van der Waals surface area contributed by atoms with Crippen LogP contribution in [0.1, 0.15) is 55.2 Å². The lowest BCUT2D eigenvalue weighted by atomic mass is 10.1. The van der Waals surface area contributed by atoms with E-state index in [-0.39, 0.29) is 26.2 Å². The Hall–Kier alpha value is -6.12. The molecule has 52 heavy (non-hydrogen) atoms. The summed E-state index contributed by atoms with van der Waals surface area (Å²) in [7, 11) is 0. The summed E-state index contributed by atoms with van der Waals surface area (Å²) in [6, 6.07) is 26.2. The van der Waals surface area contributed by atoms with Gasteiger partial charge in [-0.3, -0.25) is 0 Å². The Balaban J connectivity index is 0.000000294. The highest BCUT2D eigenvalue weighted by Gasteiger charge is 2.31. The number of cyclic esters (lactones) is 2. The highest BCUT2D eigenvalue weighted by atomic mass is 16.6. The summed E-state index contributed by atoms with van der Waals surface area (Å²) >= 11 is 0. The number of carboxylic acids is 1. The zero-order valence-corrected chi connectivity index (χ0v) is 28.6. The monoisotopic (exact) mass is 720 g/mol. The average Bonchev–Trinajstić information content (AvgIpc) is 3.48. The molecule has 0 saturated carbocycles. The Morgan fingerprint density at radius 3 is 1.52 bits per heavy atom. The SMILES string of the molecule is O=C(NCCCCC(NC(=O)OCc1ccccc1)C(=O)O)OCc1ccccc1.O=C(NCCCCC1NC(=O)OC1=O)OCc1ccccc1. The standard InChI is InChI=1S/C22H26N2O6.C15H18N2O5/c25-20(26)19(24-22(28)30-16-18-11-5-2-6-12-18)13-7-8-14-23-21(27)29-15-17-9-3-1-4-10-17;18-13-12(17-15(20)22-13)8-4-5-9-16-14(19)21-10-11-6-2-1-3-7-11/h1-6,9-12,19H,7-8,13-16H2,(H,23,27)(H,24,28)(H,25,26);1-3,6-7,12H,4-5,8-10H2,(H,16,19)(H,17,20). The van der Waals surface area contributed by atoms with Crippen LogP contribution in [-0.2, 0) is 48.4 Å². The van der Waals surface area contributed by atoms with Crippen molar-refractivity contribution in [3.05, 3.63) is 108 Å². The molecule has 2 atom stereocenters. The number of amides is 4. The molecule has 0 aliphatic carbocycles. The molecule has 1 aliphatic heterocycles. The maximum atomic E-state index is 11.8. The van der Waals surface area contributed by atoms with Crippen molar-refractivity contribution in [3.8, 4) is 0 Å². The topological polar surface area (TPSA) is 208 Å². The lowest BCUT2D eigenvalue weighted by Gasteiger charge is -2.14. The summed E-state index contributed by atoms with van der Waals surface area (Å²) in [6.07, 6.45) is 0.626. The Bertz CT molecular complexity index is 1560. The van der Waals surface area contributed by atoms with E-state index < -0.39 is 48.4 Å². The van der Waals surface area contributed by atoms with Crippen LogP contribution >= 0.6 is 0 Å². The van der Waals surface area contributed by atoms with E-state index in [2.05, 4.69) is 26.0 Å². The van der Waals surface area contributed by atoms with Crippen molar-refractivity contribution in [3.63, 3.8) is 0 Å². The third-order valence-electron chi connectivity index (χ3n) is 7.38. The van der Waals surface area contributed by atoms with Crippen LogP contribution in [0.2, 0.25) is 0 Å². The van der Waals surface area contributed by atoms with Crippen LogP contribution in [0.4, 0.5) is 19.2 Å². The van der Waals surface area contributed by atoms with Crippen LogP contribution in [0.15, 0.2) is 91.0 Å². The van der Waals surface area contributed by atoms with Crippen LogP contribution in [0.5, 0.6) is 0 Å². The second-order valence-electron chi connectivity index (χ2n) is 11.5. The fourth-order valence-corrected chi connectivity index (χ4v) is 4.62. The molecule has 2 unspecified atom stereocenters. The largest absolute Gasteiger partial charge is 0.480 e. The maximum absolute atomic E-state index is 11.8. The Morgan fingerprint density at radius 2 is 1.10 bits per heavy atom. The number of rotatable bonds is 18. The summed E-state index contributed by atoms with van der Waals surface area (Å²) in [5.74, 6) is -1.68. The van der Waals surface area contributed by atoms with Gasteiger partial charge in [-0.05, 0) is 55.2 Å². The molecular formula is C37H44N4O11. The molecule has 4 amide bonds. The number of hydrogen-bond donors (Lipinski definition) is 5. The first kappa shape index (κ1) is 40.3.